The Morgan fingerprint density at radius 2 is 1.97 bits per heavy atom. The van der Waals surface area contributed by atoms with Gasteiger partial charge in [0.05, 0.1) is 11.7 Å². The van der Waals surface area contributed by atoms with Crippen molar-refractivity contribution in [3.63, 3.8) is 0 Å². The van der Waals surface area contributed by atoms with Gasteiger partial charge in [0.15, 0.2) is 0 Å². The molecule has 1 fully saturated rings. The second-order valence-electron chi connectivity index (χ2n) is 8.31. The summed E-state index contributed by atoms with van der Waals surface area (Å²) in [5.41, 5.74) is 0.921. The number of nitrogens with one attached hydrogen (secondary N) is 2. The summed E-state index contributed by atoms with van der Waals surface area (Å²) in [5.74, 6) is -0.0943. The van der Waals surface area contributed by atoms with E-state index in [1.54, 1.807) is 11.3 Å². The molecule has 156 valence electrons. The molecule has 29 heavy (non-hydrogen) atoms. The van der Waals surface area contributed by atoms with Gasteiger partial charge in [-0.05, 0) is 50.0 Å². The summed E-state index contributed by atoms with van der Waals surface area (Å²) in [6, 6.07) is -0.390. The summed E-state index contributed by atoms with van der Waals surface area (Å²) in [7, 11) is 0. The van der Waals surface area contributed by atoms with E-state index in [9.17, 15) is 14.4 Å². The zero-order chi connectivity index (χ0) is 20.4. The summed E-state index contributed by atoms with van der Waals surface area (Å²) in [5, 5.41) is 5.92. The van der Waals surface area contributed by atoms with Crippen LogP contribution in [0, 0.1) is 5.92 Å². The molecule has 0 aliphatic heterocycles. The normalized spacial score (nSPS) is 22.0. The highest BCUT2D eigenvalue weighted by Crippen LogP contribution is 2.32. The van der Waals surface area contributed by atoms with Gasteiger partial charge in [-0.15, -0.1) is 11.3 Å². The van der Waals surface area contributed by atoms with Gasteiger partial charge in [-0.1, -0.05) is 26.2 Å². The van der Waals surface area contributed by atoms with E-state index >= 15 is 0 Å². The second kappa shape index (κ2) is 8.65. The highest BCUT2D eigenvalue weighted by Gasteiger charge is 2.24. The third kappa shape index (κ3) is 4.37. The molecule has 7 nitrogen and oxygen atoms in total. The van der Waals surface area contributed by atoms with Crippen LogP contribution in [0.4, 0.5) is 4.79 Å². The molecule has 3 amide bonds. The fraction of sp³-hybridized carbons (Fsp3) is 0.619. The van der Waals surface area contributed by atoms with Crippen molar-refractivity contribution in [1.82, 2.24) is 20.2 Å². The number of aryl methyl sites for hydroxylation is 2. The fourth-order valence-electron chi connectivity index (χ4n) is 4.53. The van der Waals surface area contributed by atoms with E-state index in [0.29, 0.717) is 11.3 Å². The molecule has 0 spiro atoms. The number of thiophene rings is 1. The van der Waals surface area contributed by atoms with Gasteiger partial charge in [0, 0.05) is 10.9 Å². The summed E-state index contributed by atoms with van der Waals surface area (Å²) in [4.78, 5) is 44.0. The average molecular weight is 417 g/mol. The largest absolute Gasteiger partial charge is 0.335 e. The van der Waals surface area contributed by atoms with Crippen molar-refractivity contribution in [1.29, 1.82) is 0 Å². The molecule has 0 saturated heterocycles. The number of hydrogen-bond acceptors (Lipinski definition) is 5. The van der Waals surface area contributed by atoms with E-state index in [1.807, 2.05) is 0 Å². The first-order chi connectivity index (χ1) is 14.0. The van der Waals surface area contributed by atoms with E-state index in [1.165, 1.54) is 28.6 Å². The quantitative estimate of drug-likeness (QED) is 0.752. The molecule has 2 N–H and O–H groups in total. The minimum atomic E-state index is -0.504. The lowest BCUT2D eigenvalue weighted by molar-refractivity contribution is -0.120. The molecule has 0 radical (unpaired) electrons. The molecular weight excluding hydrogens is 388 g/mol. The number of carbonyl (C=O) groups is 2. The van der Waals surface area contributed by atoms with Crippen LogP contribution in [0.2, 0.25) is 0 Å². The molecule has 2 unspecified atom stereocenters. The summed E-state index contributed by atoms with van der Waals surface area (Å²) in [6.45, 7) is 1.91. The number of imide groups is 1. The van der Waals surface area contributed by atoms with Crippen molar-refractivity contribution in [2.45, 2.75) is 77.3 Å². The smallest absolute Gasteiger partial charge is 0.321 e. The van der Waals surface area contributed by atoms with Crippen LogP contribution in [0.25, 0.3) is 10.2 Å². The number of rotatable bonds is 3. The first kappa shape index (κ1) is 20.1. The van der Waals surface area contributed by atoms with Gasteiger partial charge in [-0.3, -0.25) is 19.5 Å². The van der Waals surface area contributed by atoms with Gasteiger partial charge in [-0.2, -0.15) is 0 Å². The molecule has 2 heterocycles. The minimum absolute atomic E-state index is 0.0959. The van der Waals surface area contributed by atoms with Crippen LogP contribution in [0.5, 0.6) is 0 Å². The van der Waals surface area contributed by atoms with Crippen molar-refractivity contribution in [3.05, 3.63) is 27.1 Å². The Morgan fingerprint density at radius 1 is 1.17 bits per heavy atom. The van der Waals surface area contributed by atoms with Crippen molar-refractivity contribution >= 4 is 33.5 Å². The Bertz CT molecular complexity index is 980. The summed E-state index contributed by atoms with van der Waals surface area (Å²) in [6.07, 6.45) is 11.0. The molecule has 2 aliphatic rings. The monoisotopic (exact) mass is 416 g/mol. The molecule has 2 aromatic rings. The van der Waals surface area contributed by atoms with Crippen molar-refractivity contribution in [2.75, 3.05) is 0 Å². The number of nitrogens with zero attached hydrogens (tertiary/aromatic N) is 2. The van der Waals surface area contributed by atoms with Crippen LogP contribution in [-0.2, 0) is 24.2 Å². The Kier molecular flexibility index (Phi) is 5.99. The Morgan fingerprint density at radius 3 is 2.79 bits per heavy atom. The second-order valence-corrected chi connectivity index (χ2v) is 9.40. The van der Waals surface area contributed by atoms with Crippen molar-refractivity contribution in [2.24, 2.45) is 5.92 Å². The Balaban J connectivity index is 1.45. The number of hydrogen-bond donors (Lipinski definition) is 2. The van der Waals surface area contributed by atoms with E-state index in [4.69, 9.17) is 0 Å². The standard InChI is InChI=1S/C21H28N4O3S/c1-13-7-5-6-9-15(13)23-21(28)24-17(26)11-25-12-22-19-18(20(25)27)14-8-3-2-4-10-16(14)29-19/h12-13,15H,2-11H2,1H3,(H2,23,24,26,28). The van der Waals surface area contributed by atoms with Crippen LogP contribution >= 0.6 is 11.3 Å². The van der Waals surface area contributed by atoms with E-state index < -0.39 is 11.9 Å². The van der Waals surface area contributed by atoms with Crippen LogP contribution in [0.1, 0.15) is 62.3 Å². The highest BCUT2D eigenvalue weighted by atomic mass is 32.1. The molecular formula is C21H28N4O3S. The zero-order valence-electron chi connectivity index (χ0n) is 16.8. The van der Waals surface area contributed by atoms with Gasteiger partial charge in [-0.25, -0.2) is 9.78 Å². The van der Waals surface area contributed by atoms with Gasteiger partial charge >= 0.3 is 6.03 Å². The molecule has 4 rings (SSSR count). The van der Waals surface area contributed by atoms with E-state index in [2.05, 4.69) is 22.5 Å². The first-order valence-electron chi connectivity index (χ1n) is 10.6. The van der Waals surface area contributed by atoms with Crippen LogP contribution in [0.3, 0.4) is 0 Å². The number of urea groups is 1. The molecule has 2 atom stereocenters. The molecule has 2 aliphatic carbocycles. The summed E-state index contributed by atoms with van der Waals surface area (Å²) >= 11 is 1.60. The Labute approximate surface area is 173 Å². The maximum atomic E-state index is 13.0. The number of aromatic nitrogens is 2. The third-order valence-corrected chi connectivity index (χ3v) is 7.39. The SMILES string of the molecule is CC1CCCCC1NC(=O)NC(=O)Cn1cnc2sc3c(c2c1=O)CCCCC3. The van der Waals surface area contributed by atoms with Crippen LogP contribution in [0.15, 0.2) is 11.1 Å². The summed E-state index contributed by atoms with van der Waals surface area (Å²) < 4.78 is 1.31. The predicted octanol–water partition coefficient (Wildman–Crippen LogP) is 3.13. The number of amides is 3. The maximum absolute atomic E-state index is 13.0. The van der Waals surface area contributed by atoms with E-state index in [0.717, 1.165) is 55.3 Å². The average Bonchev–Trinajstić information content (AvgIpc) is 2.88. The fourth-order valence-corrected chi connectivity index (χ4v) is 5.75. The van der Waals surface area contributed by atoms with Crippen molar-refractivity contribution < 1.29 is 9.59 Å². The molecule has 0 bridgehead atoms. The molecule has 0 aromatic carbocycles. The van der Waals surface area contributed by atoms with Crippen molar-refractivity contribution in [3.8, 4) is 0 Å². The van der Waals surface area contributed by atoms with Crippen LogP contribution < -0.4 is 16.2 Å². The lowest BCUT2D eigenvalue weighted by Gasteiger charge is -2.29. The van der Waals surface area contributed by atoms with Gasteiger partial charge in [0.1, 0.15) is 11.4 Å². The van der Waals surface area contributed by atoms with Gasteiger partial charge in [0.25, 0.3) is 5.56 Å². The highest BCUT2D eigenvalue weighted by molar-refractivity contribution is 7.18. The number of carbonyl (C=O) groups excluding carboxylic acids is 2. The number of fused-ring (bicyclic) bond motifs is 3. The zero-order valence-corrected chi connectivity index (χ0v) is 17.6. The topological polar surface area (TPSA) is 93.1 Å². The Hall–Kier alpha value is -2.22. The maximum Gasteiger partial charge on any atom is 0.321 e. The predicted molar refractivity (Wildman–Crippen MR) is 113 cm³/mol. The van der Waals surface area contributed by atoms with Crippen LogP contribution in [-0.4, -0.2) is 27.5 Å². The minimum Gasteiger partial charge on any atom is -0.335 e. The van der Waals surface area contributed by atoms with Gasteiger partial charge in [0.2, 0.25) is 5.91 Å². The lowest BCUT2D eigenvalue weighted by Crippen LogP contribution is -2.48. The lowest BCUT2D eigenvalue weighted by atomic mass is 9.86. The first-order valence-corrected chi connectivity index (χ1v) is 11.4. The molecule has 2 aromatic heterocycles. The van der Waals surface area contributed by atoms with Gasteiger partial charge < -0.3 is 5.32 Å². The molecule has 8 heteroatoms. The molecule has 1 saturated carbocycles. The third-order valence-electron chi connectivity index (χ3n) is 6.19. The van der Waals surface area contributed by atoms with E-state index in [-0.39, 0.29) is 18.1 Å².